The average molecular weight is 578 g/mol. The minimum Gasteiger partial charge on any atom is -0.504 e. The van der Waals surface area contributed by atoms with Crippen LogP contribution in [0.25, 0.3) is 11.2 Å². The van der Waals surface area contributed by atoms with Crippen LogP contribution in [0.15, 0.2) is 49.1 Å². The van der Waals surface area contributed by atoms with Crippen molar-refractivity contribution in [1.82, 2.24) is 19.5 Å². The molecule has 2 aromatic carbocycles. The third kappa shape index (κ3) is 6.33. The molecule has 0 amide bonds. The number of rotatable bonds is 12. The van der Waals surface area contributed by atoms with Crippen LogP contribution in [-0.4, -0.2) is 64.6 Å². The number of carbonyl (C=O) groups is 1. The second-order valence-electron chi connectivity index (χ2n) is 10.0. The summed E-state index contributed by atoms with van der Waals surface area (Å²) in [6.07, 6.45) is 5.02. The smallest absolute Gasteiger partial charge is 0.306 e. The van der Waals surface area contributed by atoms with Crippen molar-refractivity contribution < 1.29 is 33.6 Å². The Morgan fingerprint density at radius 1 is 1.10 bits per heavy atom. The molecule has 1 saturated heterocycles. The maximum atomic E-state index is 12.3. The molecule has 0 radical (unpaired) electrons. The molecule has 1 aliphatic heterocycles. The van der Waals surface area contributed by atoms with Crippen LogP contribution in [0, 0.1) is 0 Å². The number of nitrogens with zero attached hydrogens (tertiary/aromatic N) is 4. The van der Waals surface area contributed by atoms with Gasteiger partial charge in [-0.2, -0.15) is 0 Å². The number of carbonyl (C=O) groups excluding carboxylic acids is 1. The van der Waals surface area contributed by atoms with Crippen LogP contribution < -0.4 is 19.5 Å². The molecular weight excluding hydrogens is 542 g/mol. The molecular formula is C30H35N5O7. The van der Waals surface area contributed by atoms with Crippen molar-refractivity contribution in [2.45, 2.75) is 51.0 Å². The van der Waals surface area contributed by atoms with Crippen LogP contribution in [0.5, 0.6) is 23.0 Å². The van der Waals surface area contributed by atoms with Crippen LogP contribution in [-0.2, 0) is 20.7 Å². The molecule has 0 spiro atoms. The Balaban J connectivity index is 1.18. The van der Waals surface area contributed by atoms with Crippen molar-refractivity contribution in [2.75, 3.05) is 33.3 Å². The monoisotopic (exact) mass is 577 g/mol. The van der Waals surface area contributed by atoms with Gasteiger partial charge in [-0.3, -0.25) is 9.36 Å². The maximum absolute atomic E-state index is 12.3. The number of esters is 1. The van der Waals surface area contributed by atoms with Gasteiger partial charge < -0.3 is 34.1 Å². The van der Waals surface area contributed by atoms with Gasteiger partial charge in [-0.1, -0.05) is 12.1 Å². The van der Waals surface area contributed by atoms with Gasteiger partial charge in [-0.15, -0.1) is 0 Å². The van der Waals surface area contributed by atoms with Gasteiger partial charge in [-0.25, -0.2) is 15.0 Å². The van der Waals surface area contributed by atoms with E-state index in [2.05, 4.69) is 20.3 Å². The summed E-state index contributed by atoms with van der Waals surface area (Å²) in [6.45, 7) is 2.14. The number of phenols is 1. The number of imidazole rings is 1. The highest BCUT2D eigenvalue weighted by atomic mass is 16.6. The molecule has 3 heterocycles. The van der Waals surface area contributed by atoms with E-state index in [-0.39, 0.29) is 42.4 Å². The molecule has 42 heavy (non-hydrogen) atoms. The Kier molecular flexibility index (Phi) is 8.91. The first-order valence-corrected chi connectivity index (χ1v) is 13.7. The summed E-state index contributed by atoms with van der Waals surface area (Å²) in [7, 11) is 4.61. The number of hydrogen-bond acceptors (Lipinski definition) is 11. The Bertz CT molecular complexity index is 1520. The fourth-order valence-electron chi connectivity index (χ4n) is 4.98. The summed E-state index contributed by atoms with van der Waals surface area (Å²) in [5.41, 5.74) is 3.03. The van der Waals surface area contributed by atoms with Gasteiger partial charge in [0.05, 0.1) is 39.8 Å². The second kappa shape index (κ2) is 12.9. The van der Waals surface area contributed by atoms with Crippen molar-refractivity contribution in [3.63, 3.8) is 0 Å². The van der Waals surface area contributed by atoms with Gasteiger partial charge in [-0.05, 0) is 61.6 Å². The normalized spacial score (nSPS) is 17.1. The number of aromatic nitrogens is 4. The zero-order valence-electron chi connectivity index (χ0n) is 24.1. The van der Waals surface area contributed by atoms with Gasteiger partial charge in [0.1, 0.15) is 24.9 Å². The molecule has 4 aromatic rings. The van der Waals surface area contributed by atoms with E-state index in [1.807, 2.05) is 35.8 Å². The number of hydrogen-bond donors (Lipinski definition) is 2. The zero-order chi connectivity index (χ0) is 29.6. The minimum absolute atomic E-state index is 0.0199. The number of anilines is 1. The topological polar surface area (TPSA) is 139 Å². The molecule has 5 rings (SSSR count). The van der Waals surface area contributed by atoms with Crippen LogP contribution >= 0.6 is 0 Å². The zero-order valence-corrected chi connectivity index (χ0v) is 24.1. The van der Waals surface area contributed by atoms with Crippen LogP contribution in [0.2, 0.25) is 0 Å². The first kappa shape index (κ1) is 28.9. The highest BCUT2D eigenvalue weighted by molar-refractivity contribution is 5.83. The van der Waals surface area contributed by atoms with E-state index in [4.69, 9.17) is 23.7 Å². The lowest BCUT2D eigenvalue weighted by atomic mass is 10.1. The van der Waals surface area contributed by atoms with Gasteiger partial charge in [0.15, 0.2) is 28.5 Å². The van der Waals surface area contributed by atoms with Gasteiger partial charge in [0, 0.05) is 6.42 Å². The Morgan fingerprint density at radius 2 is 1.90 bits per heavy atom. The highest BCUT2D eigenvalue weighted by Crippen LogP contribution is 2.39. The lowest BCUT2D eigenvalue weighted by molar-refractivity contribution is -0.148. The molecule has 3 atom stereocenters. The fourth-order valence-corrected chi connectivity index (χ4v) is 4.98. The van der Waals surface area contributed by atoms with Gasteiger partial charge >= 0.3 is 5.97 Å². The summed E-state index contributed by atoms with van der Waals surface area (Å²) in [5.74, 6) is 1.74. The molecule has 1 fully saturated rings. The van der Waals surface area contributed by atoms with E-state index in [1.54, 1.807) is 25.6 Å². The molecule has 0 aliphatic carbocycles. The van der Waals surface area contributed by atoms with Gasteiger partial charge in [0.2, 0.25) is 5.75 Å². The maximum Gasteiger partial charge on any atom is 0.306 e. The first-order valence-electron chi connectivity index (χ1n) is 13.7. The van der Waals surface area contributed by atoms with E-state index in [1.165, 1.54) is 20.5 Å². The van der Waals surface area contributed by atoms with E-state index < -0.39 is 0 Å². The molecule has 1 unspecified atom stereocenters. The first-order chi connectivity index (χ1) is 20.4. The molecule has 12 heteroatoms. The molecule has 0 bridgehead atoms. The predicted octanol–water partition coefficient (Wildman–Crippen LogP) is 4.58. The summed E-state index contributed by atoms with van der Waals surface area (Å²) >= 11 is 0. The number of ether oxygens (including phenoxy) is 5. The molecule has 222 valence electrons. The standard InChI is InChI=1S/C30H35N5O7/c1-18(20-13-23(36)28(40-4)24(14-20)39-3)34-29-27-30(32-16-31-29)35(17-33-27)25-11-10-22(42-25)15-41-26(37)12-7-19-5-8-21(38-2)9-6-19/h5-6,8-9,13-14,16-18,22,25,36H,7,10-12,15H2,1-4H3,(H,31,32,34)/t18?,22-,25+/m0/s1. The predicted molar refractivity (Wildman–Crippen MR) is 154 cm³/mol. The van der Waals surface area contributed by atoms with Gasteiger partial charge in [0.25, 0.3) is 0 Å². The number of benzene rings is 2. The van der Waals surface area contributed by atoms with Crippen LogP contribution in [0.3, 0.4) is 0 Å². The van der Waals surface area contributed by atoms with Crippen LogP contribution in [0.1, 0.15) is 49.6 Å². The highest BCUT2D eigenvalue weighted by Gasteiger charge is 2.29. The lowest BCUT2D eigenvalue weighted by Gasteiger charge is -2.18. The molecule has 12 nitrogen and oxygen atoms in total. The lowest BCUT2D eigenvalue weighted by Crippen LogP contribution is -2.19. The fraction of sp³-hybridized carbons (Fsp3) is 0.400. The van der Waals surface area contributed by atoms with E-state index in [0.29, 0.717) is 35.6 Å². The number of aromatic hydroxyl groups is 1. The summed E-state index contributed by atoms with van der Waals surface area (Å²) < 4.78 is 29.3. The minimum atomic E-state index is -0.291. The van der Waals surface area contributed by atoms with E-state index >= 15 is 0 Å². The van der Waals surface area contributed by atoms with Crippen LogP contribution in [0.4, 0.5) is 5.82 Å². The number of phenolic OH excluding ortho intramolecular Hbond substituents is 1. The summed E-state index contributed by atoms with van der Waals surface area (Å²) in [4.78, 5) is 25.7. The molecule has 2 N–H and O–H groups in total. The van der Waals surface area contributed by atoms with E-state index in [9.17, 15) is 9.90 Å². The summed E-state index contributed by atoms with van der Waals surface area (Å²) in [6, 6.07) is 10.8. The second-order valence-corrected chi connectivity index (χ2v) is 10.0. The molecule has 1 aliphatic rings. The van der Waals surface area contributed by atoms with Crippen molar-refractivity contribution in [3.05, 3.63) is 60.2 Å². The van der Waals surface area contributed by atoms with Crippen molar-refractivity contribution in [3.8, 4) is 23.0 Å². The molecule has 0 saturated carbocycles. The third-order valence-electron chi connectivity index (χ3n) is 7.30. The largest absolute Gasteiger partial charge is 0.504 e. The van der Waals surface area contributed by atoms with E-state index in [0.717, 1.165) is 29.7 Å². The van der Waals surface area contributed by atoms with Crippen molar-refractivity contribution in [1.29, 1.82) is 0 Å². The number of aryl methyl sites for hydroxylation is 1. The van der Waals surface area contributed by atoms with Crippen molar-refractivity contribution in [2.24, 2.45) is 0 Å². The average Bonchev–Trinajstić information content (AvgIpc) is 3.66. The Hall–Kier alpha value is -4.58. The quantitative estimate of drug-likeness (QED) is 0.229. The molecule has 2 aromatic heterocycles. The number of fused-ring (bicyclic) bond motifs is 1. The Labute approximate surface area is 243 Å². The third-order valence-corrected chi connectivity index (χ3v) is 7.30. The number of methoxy groups -OCH3 is 3. The Morgan fingerprint density at radius 3 is 2.64 bits per heavy atom. The number of nitrogens with one attached hydrogen (secondary N) is 1. The summed E-state index contributed by atoms with van der Waals surface area (Å²) in [5, 5.41) is 13.7. The van der Waals surface area contributed by atoms with Crippen molar-refractivity contribution >= 4 is 23.0 Å². The SMILES string of the molecule is COc1ccc(CCC(=O)OC[C@@H]2CC[C@H](n3cnc4c(NC(C)c5cc(O)c(OC)c(OC)c5)ncnc43)O2)cc1.